The van der Waals surface area contributed by atoms with Gasteiger partial charge in [0.2, 0.25) is 0 Å². The number of benzene rings is 1. The lowest BCUT2D eigenvalue weighted by atomic mass is 10.0. The Kier molecular flexibility index (Phi) is 7.87. The minimum absolute atomic E-state index is 0.129. The van der Waals surface area contributed by atoms with Crippen LogP contribution in [0.1, 0.15) is 40.2 Å². The maximum Gasteiger partial charge on any atom is 0.335 e. The third-order valence-corrected chi connectivity index (χ3v) is 10.4. The Balaban J connectivity index is 2.40. The van der Waals surface area contributed by atoms with Gasteiger partial charge < -0.3 is 23.8 Å². The van der Waals surface area contributed by atoms with Gasteiger partial charge in [-0.2, -0.15) is 5.06 Å². The van der Waals surface area contributed by atoms with E-state index in [2.05, 4.69) is 33.9 Å². The molecule has 1 aliphatic rings. The second-order valence-corrected chi connectivity index (χ2v) is 14.5. The van der Waals surface area contributed by atoms with Crippen LogP contribution in [0, 0.1) is 0 Å². The first-order valence-electron chi connectivity index (χ1n) is 10.3. The summed E-state index contributed by atoms with van der Waals surface area (Å²) in [6, 6.07) is 8.75. The number of carbonyl (C=O) groups is 1. The highest BCUT2D eigenvalue weighted by Crippen LogP contribution is 2.39. The van der Waals surface area contributed by atoms with E-state index in [0.717, 1.165) is 10.6 Å². The fraction of sp³-hybridized carbons (Fsp3) is 0.682. The zero-order valence-electron chi connectivity index (χ0n) is 19.5. The highest BCUT2D eigenvalue weighted by atomic mass is 28.4. The van der Waals surface area contributed by atoms with Crippen LogP contribution in [0.3, 0.4) is 0 Å². The standard InChI is InChI=1S/C22H37NO6Si/c1-21(2,3)30(7,8)29-19(20(24)26-6)18(17-15-27-22(4,5)28-17)23(25)14-16-12-10-9-11-13-16/h9-13,17-19,25H,14-15H2,1-8H3/t17-,18?,19-/m1/s1. The van der Waals surface area contributed by atoms with Crippen LogP contribution >= 0.6 is 0 Å². The van der Waals surface area contributed by atoms with Gasteiger partial charge in [0, 0.05) is 6.54 Å². The molecular formula is C22H37NO6Si. The van der Waals surface area contributed by atoms with E-state index in [1.807, 2.05) is 44.2 Å². The predicted octanol–water partition coefficient (Wildman–Crippen LogP) is 3.96. The van der Waals surface area contributed by atoms with Gasteiger partial charge >= 0.3 is 5.97 Å². The second-order valence-electron chi connectivity index (χ2n) is 9.76. The van der Waals surface area contributed by atoms with Crippen molar-refractivity contribution < 1.29 is 28.6 Å². The van der Waals surface area contributed by atoms with Crippen molar-refractivity contribution in [2.24, 2.45) is 0 Å². The summed E-state index contributed by atoms with van der Waals surface area (Å²) in [5, 5.41) is 12.1. The van der Waals surface area contributed by atoms with E-state index >= 15 is 0 Å². The number of ether oxygens (including phenoxy) is 3. The number of nitrogens with zero attached hydrogens (tertiary/aromatic N) is 1. The summed E-state index contributed by atoms with van der Waals surface area (Å²) in [6.45, 7) is 14.5. The topological polar surface area (TPSA) is 77.5 Å². The molecule has 1 unspecified atom stereocenters. The molecule has 1 N–H and O–H groups in total. The average molecular weight is 440 g/mol. The molecule has 2 rings (SSSR count). The second kappa shape index (κ2) is 9.46. The Morgan fingerprint density at radius 2 is 1.90 bits per heavy atom. The van der Waals surface area contributed by atoms with Crippen LogP contribution < -0.4 is 0 Å². The molecule has 0 aromatic heterocycles. The van der Waals surface area contributed by atoms with E-state index in [1.54, 1.807) is 0 Å². The molecule has 1 fully saturated rings. The van der Waals surface area contributed by atoms with Crippen molar-refractivity contribution in [1.82, 2.24) is 5.06 Å². The van der Waals surface area contributed by atoms with Crippen molar-refractivity contribution in [3.05, 3.63) is 35.9 Å². The number of hydrogen-bond acceptors (Lipinski definition) is 7. The molecule has 0 bridgehead atoms. The lowest BCUT2D eigenvalue weighted by Crippen LogP contribution is -2.59. The maximum atomic E-state index is 12.9. The quantitative estimate of drug-likeness (QED) is 0.373. The molecule has 1 saturated heterocycles. The average Bonchev–Trinajstić information content (AvgIpc) is 2.99. The van der Waals surface area contributed by atoms with Gasteiger partial charge in [-0.25, -0.2) is 4.79 Å². The van der Waals surface area contributed by atoms with Gasteiger partial charge in [0.05, 0.1) is 19.8 Å². The summed E-state index contributed by atoms with van der Waals surface area (Å²) in [5.41, 5.74) is 0.902. The molecule has 0 amide bonds. The molecule has 8 heteroatoms. The highest BCUT2D eigenvalue weighted by molar-refractivity contribution is 6.74. The van der Waals surface area contributed by atoms with E-state index in [4.69, 9.17) is 18.6 Å². The number of hydrogen-bond donors (Lipinski definition) is 1. The van der Waals surface area contributed by atoms with Crippen LogP contribution in [0.5, 0.6) is 0 Å². The SMILES string of the molecule is COC(=O)[C@H](O[Si](C)(C)C(C)(C)C)C([C@H]1COC(C)(C)O1)N(O)Cc1ccccc1. The highest BCUT2D eigenvalue weighted by Gasteiger charge is 2.50. The summed E-state index contributed by atoms with van der Waals surface area (Å²) in [5.74, 6) is -1.35. The summed E-state index contributed by atoms with van der Waals surface area (Å²) < 4.78 is 23.4. The van der Waals surface area contributed by atoms with Gasteiger partial charge in [-0.15, -0.1) is 0 Å². The van der Waals surface area contributed by atoms with Crippen molar-refractivity contribution in [2.45, 2.75) is 83.3 Å². The van der Waals surface area contributed by atoms with Crippen LogP contribution in [0.2, 0.25) is 18.1 Å². The number of rotatable bonds is 8. The maximum absolute atomic E-state index is 12.9. The van der Waals surface area contributed by atoms with Crippen molar-refractivity contribution in [1.29, 1.82) is 0 Å². The Morgan fingerprint density at radius 3 is 2.37 bits per heavy atom. The van der Waals surface area contributed by atoms with Crippen molar-refractivity contribution in [3.8, 4) is 0 Å². The third-order valence-electron chi connectivity index (χ3n) is 5.91. The monoisotopic (exact) mass is 439 g/mol. The Labute approximate surface area is 181 Å². The van der Waals surface area contributed by atoms with Gasteiger partial charge in [-0.1, -0.05) is 51.1 Å². The molecule has 1 aromatic rings. The number of hydroxylamine groups is 2. The van der Waals surface area contributed by atoms with Gasteiger partial charge in [0.15, 0.2) is 20.2 Å². The van der Waals surface area contributed by atoms with Crippen LogP contribution in [-0.4, -0.2) is 62.3 Å². The lowest BCUT2D eigenvalue weighted by molar-refractivity contribution is -0.213. The lowest BCUT2D eigenvalue weighted by Gasteiger charge is -2.42. The molecule has 1 aromatic carbocycles. The summed E-state index contributed by atoms with van der Waals surface area (Å²) in [4.78, 5) is 12.9. The number of methoxy groups -OCH3 is 1. The van der Waals surface area contributed by atoms with E-state index in [-0.39, 0.29) is 18.2 Å². The first kappa shape index (κ1) is 25.0. The fourth-order valence-electron chi connectivity index (χ4n) is 3.17. The van der Waals surface area contributed by atoms with E-state index in [9.17, 15) is 10.0 Å². The Hall–Kier alpha value is -1.29. The van der Waals surface area contributed by atoms with Gasteiger partial charge in [0.1, 0.15) is 6.10 Å². The molecule has 7 nitrogen and oxygen atoms in total. The largest absolute Gasteiger partial charge is 0.467 e. The fourth-order valence-corrected chi connectivity index (χ4v) is 4.39. The summed E-state index contributed by atoms with van der Waals surface area (Å²) in [7, 11) is -1.04. The molecule has 170 valence electrons. The van der Waals surface area contributed by atoms with Crippen LogP contribution in [0.15, 0.2) is 30.3 Å². The van der Waals surface area contributed by atoms with E-state index in [1.165, 1.54) is 7.11 Å². The predicted molar refractivity (Wildman–Crippen MR) is 117 cm³/mol. The van der Waals surface area contributed by atoms with Crippen LogP contribution in [0.25, 0.3) is 0 Å². The molecule has 0 radical (unpaired) electrons. The first-order valence-corrected chi connectivity index (χ1v) is 13.2. The molecule has 0 saturated carbocycles. The van der Waals surface area contributed by atoms with Crippen LogP contribution in [-0.2, 0) is 30.0 Å². The molecule has 1 heterocycles. The van der Waals surface area contributed by atoms with Crippen molar-refractivity contribution in [2.75, 3.05) is 13.7 Å². The number of esters is 1. The minimum atomic E-state index is -2.37. The molecule has 0 spiro atoms. The normalized spacial score (nSPS) is 21.5. The molecule has 3 atom stereocenters. The Morgan fingerprint density at radius 1 is 1.30 bits per heavy atom. The molecule has 1 aliphatic heterocycles. The van der Waals surface area contributed by atoms with Gasteiger partial charge in [-0.3, -0.25) is 0 Å². The zero-order valence-corrected chi connectivity index (χ0v) is 20.5. The van der Waals surface area contributed by atoms with E-state index < -0.39 is 38.3 Å². The Bertz CT molecular complexity index is 703. The molecular weight excluding hydrogens is 402 g/mol. The molecule has 30 heavy (non-hydrogen) atoms. The third kappa shape index (κ3) is 6.12. The minimum Gasteiger partial charge on any atom is -0.467 e. The van der Waals surface area contributed by atoms with Gasteiger partial charge in [0.25, 0.3) is 0 Å². The first-order chi connectivity index (χ1) is 13.8. The van der Waals surface area contributed by atoms with Crippen molar-refractivity contribution in [3.63, 3.8) is 0 Å². The zero-order chi connectivity index (χ0) is 22.7. The summed E-state index contributed by atoms with van der Waals surface area (Å²) >= 11 is 0. The van der Waals surface area contributed by atoms with Crippen molar-refractivity contribution >= 4 is 14.3 Å². The molecule has 0 aliphatic carbocycles. The van der Waals surface area contributed by atoms with Crippen LogP contribution in [0.4, 0.5) is 0 Å². The number of carbonyl (C=O) groups excluding carboxylic acids is 1. The van der Waals surface area contributed by atoms with Gasteiger partial charge in [-0.05, 0) is 37.5 Å². The van der Waals surface area contributed by atoms with E-state index in [0.29, 0.717) is 0 Å². The smallest absolute Gasteiger partial charge is 0.335 e. The summed E-state index contributed by atoms with van der Waals surface area (Å²) in [6.07, 6.45) is -1.59.